The maximum atomic E-state index is 13.0. The van der Waals surface area contributed by atoms with E-state index in [0.717, 1.165) is 5.56 Å². The number of nitrogens with zero attached hydrogens (tertiary/aromatic N) is 1. The van der Waals surface area contributed by atoms with Crippen LogP contribution >= 0.6 is 0 Å². The third kappa shape index (κ3) is 3.08. The summed E-state index contributed by atoms with van der Waals surface area (Å²) in [6.45, 7) is 2.36. The second kappa shape index (κ2) is 6.20. The third-order valence-corrected chi connectivity index (χ3v) is 4.04. The molecule has 4 nitrogen and oxygen atoms in total. The molecule has 2 aromatic carbocycles. The molecule has 0 aromatic heterocycles. The molecule has 0 spiro atoms. The minimum absolute atomic E-state index is 0.168. The van der Waals surface area contributed by atoms with Crippen LogP contribution in [0.2, 0.25) is 0 Å². The number of nitrogens with one attached hydrogen (secondary N) is 1. The van der Waals surface area contributed by atoms with Crippen LogP contribution in [0.15, 0.2) is 48.5 Å². The minimum atomic E-state index is -0.549. The molecular formula is C18H17FN2O2. The molecule has 118 valence electrons. The highest BCUT2D eigenvalue weighted by molar-refractivity contribution is 6.04. The van der Waals surface area contributed by atoms with Crippen molar-refractivity contribution in [3.8, 4) is 0 Å². The zero-order chi connectivity index (χ0) is 16.4. The fourth-order valence-corrected chi connectivity index (χ4v) is 2.75. The van der Waals surface area contributed by atoms with Crippen molar-refractivity contribution < 1.29 is 14.0 Å². The molecule has 5 heteroatoms. The first kappa shape index (κ1) is 15.2. The topological polar surface area (TPSA) is 49.4 Å². The number of halogens is 1. The van der Waals surface area contributed by atoms with Crippen LogP contribution in [0.4, 0.5) is 10.1 Å². The molecule has 0 bridgehead atoms. The Balaban J connectivity index is 1.71. The van der Waals surface area contributed by atoms with Crippen LogP contribution in [-0.4, -0.2) is 24.4 Å². The van der Waals surface area contributed by atoms with Crippen molar-refractivity contribution in [1.82, 2.24) is 5.32 Å². The summed E-state index contributed by atoms with van der Waals surface area (Å²) in [7, 11) is 0. The number of hydrogen-bond donors (Lipinski definition) is 1. The van der Waals surface area contributed by atoms with Gasteiger partial charge in [-0.3, -0.25) is 9.59 Å². The predicted octanol–water partition coefficient (Wildman–Crippen LogP) is 2.67. The summed E-state index contributed by atoms with van der Waals surface area (Å²) in [5, 5.41) is 2.79. The number of aryl methyl sites for hydroxylation is 1. The summed E-state index contributed by atoms with van der Waals surface area (Å²) in [4.78, 5) is 26.4. The molecule has 1 atom stereocenters. The molecule has 0 radical (unpaired) electrons. The zero-order valence-corrected chi connectivity index (χ0v) is 12.8. The van der Waals surface area contributed by atoms with Gasteiger partial charge in [0.1, 0.15) is 11.9 Å². The lowest BCUT2D eigenvalue weighted by Gasteiger charge is -2.17. The fourth-order valence-electron chi connectivity index (χ4n) is 2.75. The van der Waals surface area contributed by atoms with E-state index in [0.29, 0.717) is 24.2 Å². The standard InChI is InChI=1S/C18H17FN2O2/c1-12-4-2-3-5-15(12)17(22)20-16-10-11-21(18(16)23)14-8-6-13(19)7-9-14/h2-9,16H,10-11H2,1H3,(H,20,22). The van der Waals surface area contributed by atoms with Crippen molar-refractivity contribution in [1.29, 1.82) is 0 Å². The molecule has 1 heterocycles. The molecular weight excluding hydrogens is 295 g/mol. The summed E-state index contributed by atoms with van der Waals surface area (Å²) >= 11 is 0. The summed E-state index contributed by atoms with van der Waals surface area (Å²) in [6.07, 6.45) is 0.536. The lowest BCUT2D eigenvalue weighted by atomic mass is 10.1. The van der Waals surface area contributed by atoms with E-state index in [4.69, 9.17) is 0 Å². The molecule has 3 rings (SSSR count). The number of rotatable bonds is 3. The van der Waals surface area contributed by atoms with E-state index < -0.39 is 6.04 Å². The quantitative estimate of drug-likeness (QED) is 0.947. The smallest absolute Gasteiger partial charge is 0.252 e. The lowest BCUT2D eigenvalue weighted by Crippen LogP contribution is -2.41. The Hall–Kier alpha value is -2.69. The molecule has 23 heavy (non-hydrogen) atoms. The van der Waals surface area contributed by atoms with Crippen molar-refractivity contribution in [3.05, 3.63) is 65.5 Å². The van der Waals surface area contributed by atoms with Gasteiger partial charge in [-0.2, -0.15) is 0 Å². The Morgan fingerprint density at radius 2 is 1.87 bits per heavy atom. The Morgan fingerprint density at radius 3 is 2.57 bits per heavy atom. The zero-order valence-electron chi connectivity index (χ0n) is 12.8. The monoisotopic (exact) mass is 312 g/mol. The van der Waals surface area contributed by atoms with E-state index in [9.17, 15) is 14.0 Å². The van der Waals surface area contributed by atoms with Gasteiger partial charge in [0.25, 0.3) is 5.91 Å². The van der Waals surface area contributed by atoms with E-state index in [1.165, 1.54) is 12.1 Å². The molecule has 1 fully saturated rings. The van der Waals surface area contributed by atoms with Gasteiger partial charge >= 0.3 is 0 Å². The Labute approximate surface area is 133 Å². The van der Waals surface area contributed by atoms with Crippen LogP contribution in [0.25, 0.3) is 0 Å². The van der Waals surface area contributed by atoms with Gasteiger partial charge in [-0.25, -0.2) is 4.39 Å². The molecule has 0 aliphatic carbocycles. The normalized spacial score (nSPS) is 17.4. The van der Waals surface area contributed by atoms with Gasteiger partial charge in [-0.1, -0.05) is 18.2 Å². The van der Waals surface area contributed by atoms with Crippen molar-refractivity contribution in [2.45, 2.75) is 19.4 Å². The largest absolute Gasteiger partial charge is 0.340 e. The summed E-state index contributed by atoms with van der Waals surface area (Å²) in [5.74, 6) is -0.759. The van der Waals surface area contributed by atoms with Crippen molar-refractivity contribution >= 4 is 17.5 Å². The van der Waals surface area contributed by atoms with Gasteiger partial charge in [0, 0.05) is 17.8 Å². The highest BCUT2D eigenvalue weighted by Crippen LogP contribution is 2.22. The van der Waals surface area contributed by atoms with Crippen LogP contribution in [0, 0.1) is 12.7 Å². The Kier molecular flexibility index (Phi) is 4.10. The van der Waals surface area contributed by atoms with Crippen LogP contribution in [0.5, 0.6) is 0 Å². The lowest BCUT2D eigenvalue weighted by molar-refractivity contribution is -0.118. The van der Waals surface area contributed by atoms with Gasteiger partial charge in [0.05, 0.1) is 0 Å². The molecule has 1 saturated heterocycles. The van der Waals surface area contributed by atoms with Crippen LogP contribution in [0.3, 0.4) is 0 Å². The Morgan fingerprint density at radius 1 is 1.17 bits per heavy atom. The number of anilines is 1. The molecule has 0 saturated carbocycles. The number of carbonyl (C=O) groups excluding carboxylic acids is 2. The maximum absolute atomic E-state index is 13.0. The second-order valence-electron chi connectivity index (χ2n) is 5.60. The van der Waals surface area contributed by atoms with Crippen molar-refractivity contribution in [2.24, 2.45) is 0 Å². The minimum Gasteiger partial charge on any atom is -0.340 e. The molecule has 2 aromatic rings. The highest BCUT2D eigenvalue weighted by atomic mass is 19.1. The Bertz CT molecular complexity index is 743. The van der Waals surface area contributed by atoms with Gasteiger partial charge in [-0.15, -0.1) is 0 Å². The van der Waals surface area contributed by atoms with Gasteiger partial charge in [0.2, 0.25) is 5.91 Å². The first-order valence-electron chi connectivity index (χ1n) is 7.49. The fraction of sp³-hybridized carbons (Fsp3) is 0.222. The van der Waals surface area contributed by atoms with Crippen LogP contribution in [0.1, 0.15) is 22.3 Å². The first-order chi connectivity index (χ1) is 11.1. The average Bonchev–Trinajstić information content (AvgIpc) is 2.89. The number of carbonyl (C=O) groups is 2. The van der Waals surface area contributed by atoms with E-state index in [1.54, 1.807) is 29.2 Å². The van der Waals surface area contributed by atoms with E-state index in [-0.39, 0.29) is 17.6 Å². The van der Waals surface area contributed by atoms with E-state index in [2.05, 4.69) is 5.32 Å². The summed E-state index contributed by atoms with van der Waals surface area (Å²) in [6, 6.07) is 12.5. The third-order valence-electron chi connectivity index (χ3n) is 4.04. The number of amides is 2. The van der Waals surface area contributed by atoms with Crippen LogP contribution < -0.4 is 10.2 Å². The average molecular weight is 312 g/mol. The predicted molar refractivity (Wildman–Crippen MR) is 85.8 cm³/mol. The van der Waals surface area contributed by atoms with Crippen molar-refractivity contribution in [2.75, 3.05) is 11.4 Å². The number of hydrogen-bond acceptors (Lipinski definition) is 2. The highest BCUT2D eigenvalue weighted by Gasteiger charge is 2.33. The van der Waals surface area contributed by atoms with Crippen LogP contribution in [-0.2, 0) is 4.79 Å². The SMILES string of the molecule is Cc1ccccc1C(=O)NC1CCN(c2ccc(F)cc2)C1=O. The van der Waals surface area contributed by atoms with E-state index in [1.807, 2.05) is 19.1 Å². The van der Waals surface area contributed by atoms with E-state index >= 15 is 0 Å². The van der Waals surface area contributed by atoms with Gasteiger partial charge < -0.3 is 10.2 Å². The summed E-state index contributed by atoms with van der Waals surface area (Å²) in [5.41, 5.74) is 2.08. The molecule has 1 aliphatic rings. The molecule has 2 amide bonds. The molecule has 1 aliphatic heterocycles. The molecule has 1 unspecified atom stereocenters. The number of benzene rings is 2. The van der Waals surface area contributed by atoms with Gasteiger partial charge in [-0.05, 0) is 49.2 Å². The first-order valence-corrected chi connectivity index (χ1v) is 7.49. The summed E-state index contributed by atoms with van der Waals surface area (Å²) < 4.78 is 13.0. The van der Waals surface area contributed by atoms with Gasteiger partial charge in [0.15, 0.2) is 0 Å². The van der Waals surface area contributed by atoms with Crippen molar-refractivity contribution in [3.63, 3.8) is 0 Å². The second-order valence-corrected chi connectivity index (χ2v) is 5.60. The maximum Gasteiger partial charge on any atom is 0.252 e. The molecule has 1 N–H and O–H groups in total.